The molecule has 5 nitrogen and oxygen atoms in total. The first-order valence-corrected chi connectivity index (χ1v) is 14.0. The lowest BCUT2D eigenvalue weighted by Gasteiger charge is -2.03. The number of aldehydes is 1. The summed E-state index contributed by atoms with van der Waals surface area (Å²) in [5, 5.41) is 8.86. The highest BCUT2D eigenvalue weighted by molar-refractivity contribution is 5.68. The fourth-order valence-electron chi connectivity index (χ4n) is 3.99. The number of esters is 1. The molecule has 0 aromatic heterocycles. The van der Waals surface area contributed by atoms with E-state index in [9.17, 15) is 9.59 Å². The summed E-state index contributed by atoms with van der Waals surface area (Å²) < 4.78 is 4.63. The van der Waals surface area contributed by atoms with Gasteiger partial charge in [-0.25, -0.2) is 0 Å². The van der Waals surface area contributed by atoms with Crippen LogP contribution in [0.3, 0.4) is 0 Å². The summed E-state index contributed by atoms with van der Waals surface area (Å²) in [7, 11) is 3.48. The van der Waals surface area contributed by atoms with Crippen molar-refractivity contribution in [3.8, 4) is 0 Å². The van der Waals surface area contributed by atoms with Crippen molar-refractivity contribution in [1.82, 2.24) is 4.90 Å². The number of likely N-dealkylation sites (N-methyl/N-ethyl adjacent to an activating group) is 1. The van der Waals surface area contributed by atoms with Crippen LogP contribution in [0, 0.1) is 0 Å². The number of aliphatic hydroxyl groups is 1. The van der Waals surface area contributed by atoms with E-state index in [0.717, 1.165) is 51.5 Å². The van der Waals surface area contributed by atoms with Crippen molar-refractivity contribution in [1.29, 1.82) is 0 Å². The zero-order valence-electron chi connectivity index (χ0n) is 22.6. The Labute approximate surface area is 206 Å². The lowest BCUT2D eigenvalue weighted by atomic mass is 10.0. The van der Waals surface area contributed by atoms with Crippen LogP contribution in [-0.2, 0) is 14.3 Å². The number of hydrogen-bond acceptors (Lipinski definition) is 5. The topological polar surface area (TPSA) is 66.8 Å². The van der Waals surface area contributed by atoms with Gasteiger partial charge in [0.2, 0.25) is 0 Å². The van der Waals surface area contributed by atoms with E-state index in [2.05, 4.69) is 9.64 Å². The van der Waals surface area contributed by atoms with Gasteiger partial charge in [0, 0.05) is 25.9 Å². The molecular weight excluding hydrogens is 414 g/mol. The third-order valence-corrected chi connectivity index (χ3v) is 6.05. The maximum absolute atomic E-state index is 10.9. The average Bonchev–Trinajstić information content (AvgIpc) is 3.22. The number of unbranched alkanes of at least 4 members (excludes halogenated alkanes) is 16. The molecule has 1 fully saturated rings. The molecule has 1 heterocycles. The van der Waals surface area contributed by atoms with Crippen LogP contribution in [0.15, 0.2) is 0 Å². The fourth-order valence-corrected chi connectivity index (χ4v) is 3.99. The summed E-state index contributed by atoms with van der Waals surface area (Å²) in [5.74, 6) is -0.0760. The molecule has 1 atom stereocenters. The summed E-state index contributed by atoms with van der Waals surface area (Å²) in [6.07, 6.45) is 23.9. The molecule has 0 aliphatic carbocycles. The number of rotatable bonds is 19. The van der Waals surface area contributed by atoms with Gasteiger partial charge in [0.05, 0.1) is 13.2 Å². The molecule has 1 saturated heterocycles. The number of likely N-dealkylation sites (tertiary alicyclic amines) is 1. The molecule has 1 aliphatic rings. The van der Waals surface area contributed by atoms with Crippen molar-refractivity contribution in [2.45, 2.75) is 142 Å². The van der Waals surface area contributed by atoms with Gasteiger partial charge in [-0.3, -0.25) is 4.79 Å². The minimum Gasteiger partial charge on any atom is -0.469 e. The zero-order valence-corrected chi connectivity index (χ0v) is 22.6. The van der Waals surface area contributed by atoms with Gasteiger partial charge in [0.15, 0.2) is 0 Å². The van der Waals surface area contributed by atoms with Gasteiger partial charge in [-0.15, -0.1) is 0 Å². The predicted octanol–water partition coefficient (Wildman–Crippen LogP) is 7.09. The summed E-state index contributed by atoms with van der Waals surface area (Å²) >= 11 is 0. The SMILES string of the molecule is CC.CN1CCC(O)C1.COC(=O)CCCCCCCCCCCCCCCCCCC=O. The Morgan fingerprint density at radius 2 is 1.21 bits per heavy atom. The minimum atomic E-state index is -0.0760. The smallest absolute Gasteiger partial charge is 0.305 e. The molecule has 198 valence electrons. The van der Waals surface area contributed by atoms with Gasteiger partial charge in [0.25, 0.3) is 0 Å². The van der Waals surface area contributed by atoms with E-state index in [0.29, 0.717) is 6.42 Å². The number of β-amino-alcohol motifs (C(OH)–C–C–N with tert-alkyl or cyclic N) is 1. The van der Waals surface area contributed by atoms with Crippen molar-refractivity contribution in [2.24, 2.45) is 0 Å². The van der Waals surface area contributed by atoms with Crippen molar-refractivity contribution >= 4 is 12.3 Å². The molecule has 0 amide bonds. The quantitative estimate of drug-likeness (QED) is 0.124. The Kier molecular flexibility index (Phi) is 30.2. The van der Waals surface area contributed by atoms with E-state index in [4.69, 9.17) is 5.11 Å². The Morgan fingerprint density at radius 3 is 1.48 bits per heavy atom. The number of aliphatic hydroxyl groups excluding tert-OH is 1. The van der Waals surface area contributed by atoms with Gasteiger partial charge in [-0.1, -0.05) is 104 Å². The lowest BCUT2D eigenvalue weighted by Crippen LogP contribution is -2.15. The van der Waals surface area contributed by atoms with Crippen LogP contribution in [0.5, 0.6) is 0 Å². The largest absolute Gasteiger partial charge is 0.469 e. The van der Waals surface area contributed by atoms with Crippen LogP contribution in [0.4, 0.5) is 0 Å². The third-order valence-electron chi connectivity index (χ3n) is 6.05. The fraction of sp³-hybridized carbons (Fsp3) is 0.929. The average molecular weight is 472 g/mol. The summed E-state index contributed by atoms with van der Waals surface area (Å²) in [4.78, 5) is 23.3. The monoisotopic (exact) mass is 471 g/mol. The van der Waals surface area contributed by atoms with Gasteiger partial charge in [-0.2, -0.15) is 0 Å². The second kappa shape index (κ2) is 29.1. The number of carbonyl (C=O) groups is 2. The molecule has 1 unspecified atom stereocenters. The Hall–Kier alpha value is -0.940. The highest BCUT2D eigenvalue weighted by Gasteiger charge is 2.15. The standard InChI is InChI=1S/C21H40O3.C5H11NO.C2H6/c1-24-21(23)19-17-15-13-11-9-7-5-3-2-4-6-8-10-12-14-16-18-20-22;1-6-3-2-5(7)4-6;1-2/h20H,2-19H2,1H3;5,7H,2-4H2,1H3;1-2H3. The Morgan fingerprint density at radius 1 is 0.818 bits per heavy atom. The molecule has 1 aliphatic heterocycles. The first-order valence-electron chi connectivity index (χ1n) is 14.0. The van der Waals surface area contributed by atoms with Crippen LogP contribution in [-0.4, -0.2) is 55.6 Å². The van der Waals surface area contributed by atoms with Gasteiger partial charge < -0.3 is 19.5 Å². The highest BCUT2D eigenvalue weighted by Crippen LogP contribution is 2.14. The zero-order chi connectivity index (χ0) is 25.0. The van der Waals surface area contributed by atoms with E-state index < -0.39 is 0 Å². The molecule has 33 heavy (non-hydrogen) atoms. The van der Waals surface area contributed by atoms with Crippen LogP contribution in [0.1, 0.15) is 136 Å². The first kappa shape index (κ1) is 34.2. The molecule has 1 rings (SSSR count). The van der Waals surface area contributed by atoms with Crippen molar-refractivity contribution in [2.75, 3.05) is 27.2 Å². The third kappa shape index (κ3) is 29.0. The summed E-state index contributed by atoms with van der Waals surface area (Å²) in [6.45, 7) is 5.92. The van der Waals surface area contributed by atoms with E-state index in [1.165, 1.54) is 90.6 Å². The lowest BCUT2D eigenvalue weighted by molar-refractivity contribution is -0.140. The number of nitrogens with zero attached hydrogens (tertiary/aromatic N) is 1. The minimum absolute atomic E-state index is 0.0509. The maximum Gasteiger partial charge on any atom is 0.305 e. The number of methoxy groups -OCH3 is 1. The van der Waals surface area contributed by atoms with Crippen LogP contribution >= 0.6 is 0 Å². The number of ether oxygens (including phenoxy) is 1. The number of carbonyl (C=O) groups excluding carboxylic acids is 2. The molecule has 0 aromatic carbocycles. The predicted molar refractivity (Wildman–Crippen MR) is 141 cm³/mol. The molecule has 0 radical (unpaired) electrons. The van der Waals surface area contributed by atoms with Gasteiger partial charge >= 0.3 is 5.97 Å². The summed E-state index contributed by atoms with van der Waals surface area (Å²) in [6, 6.07) is 0. The van der Waals surface area contributed by atoms with Crippen molar-refractivity contribution < 1.29 is 19.4 Å². The van der Waals surface area contributed by atoms with E-state index in [1.54, 1.807) is 0 Å². The molecule has 1 N–H and O–H groups in total. The second-order valence-electron chi connectivity index (χ2n) is 9.14. The van der Waals surface area contributed by atoms with E-state index >= 15 is 0 Å². The van der Waals surface area contributed by atoms with Crippen LogP contribution in [0.25, 0.3) is 0 Å². The normalized spacial score (nSPS) is 15.2. The molecular formula is C28H57NO4. The maximum atomic E-state index is 10.9. The molecule has 0 aromatic rings. The molecule has 0 spiro atoms. The van der Waals surface area contributed by atoms with Gasteiger partial charge in [0.1, 0.15) is 6.29 Å². The number of hydrogen-bond donors (Lipinski definition) is 1. The van der Waals surface area contributed by atoms with Crippen LogP contribution in [0.2, 0.25) is 0 Å². The Balaban J connectivity index is 0. The van der Waals surface area contributed by atoms with Gasteiger partial charge in [-0.05, 0) is 26.3 Å². The molecule has 5 heteroatoms. The van der Waals surface area contributed by atoms with E-state index in [-0.39, 0.29) is 12.1 Å². The summed E-state index contributed by atoms with van der Waals surface area (Å²) in [5.41, 5.74) is 0. The molecule has 0 saturated carbocycles. The molecule has 0 bridgehead atoms. The first-order chi connectivity index (χ1) is 16.1. The highest BCUT2D eigenvalue weighted by atomic mass is 16.5. The van der Waals surface area contributed by atoms with Crippen molar-refractivity contribution in [3.05, 3.63) is 0 Å². The van der Waals surface area contributed by atoms with E-state index in [1.807, 2.05) is 20.9 Å². The Bertz CT molecular complexity index is 395. The van der Waals surface area contributed by atoms with Crippen LogP contribution < -0.4 is 0 Å². The second-order valence-corrected chi connectivity index (χ2v) is 9.14. The van der Waals surface area contributed by atoms with Crippen molar-refractivity contribution in [3.63, 3.8) is 0 Å².